The van der Waals surface area contributed by atoms with E-state index in [9.17, 15) is 9.18 Å². The largest absolute Gasteiger partial charge is 0.496 e. The van der Waals surface area contributed by atoms with E-state index in [0.29, 0.717) is 19.0 Å². The number of hydrogen-bond acceptors (Lipinski definition) is 7. The highest BCUT2D eigenvalue weighted by Gasteiger charge is 2.29. The first-order chi connectivity index (χ1) is 13.0. The molecule has 0 amide bonds. The number of nitrogens with zero attached hydrogens (tertiary/aromatic N) is 2. The van der Waals surface area contributed by atoms with Gasteiger partial charge in [-0.15, -0.1) is 11.3 Å². The Morgan fingerprint density at radius 2 is 2.15 bits per heavy atom. The zero-order valence-corrected chi connectivity index (χ0v) is 16.8. The van der Waals surface area contributed by atoms with E-state index in [2.05, 4.69) is 12.3 Å². The Kier molecular flexibility index (Phi) is 6.11. The number of thiophene rings is 1. The highest BCUT2D eigenvalue weighted by molar-refractivity contribution is 7.16. The van der Waals surface area contributed by atoms with E-state index < -0.39 is 5.82 Å². The summed E-state index contributed by atoms with van der Waals surface area (Å²) >= 11 is 1.65. The lowest BCUT2D eigenvalue weighted by Gasteiger charge is -2.36. The van der Waals surface area contributed by atoms with Crippen LogP contribution in [0, 0.1) is 12.7 Å². The van der Waals surface area contributed by atoms with Crippen LogP contribution in [0.2, 0.25) is 0 Å². The van der Waals surface area contributed by atoms with E-state index in [1.807, 2.05) is 17.0 Å². The standard InChI is InChI=1S/C19H24FN3O3S/c1-12-15-8-23(21-2)11-22(19(15)27-18(12)10-25-3)9-16(24)14-7-13(20)5-6-17(14)26-4/h5-7,21H,8-11H2,1-4H3. The maximum atomic E-state index is 13.7. The van der Waals surface area contributed by atoms with Crippen LogP contribution in [-0.2, 0) is 17.9 Å². The summed E-state index contributed by atoms with van der Waals surface area (Å²) in [6.07, 6.45) is 0. The summed E-state index contributed by atoms with van der Waals surface area (Å²) in [7, 11) is 5.01. The lowest BCUT2D eigenvalue weighted by Crippen LogP contribution is -2.48. The van der Waals surface area contributed by atoms with Crippen LogP contribution in [-0.4, -0.2) is 45.3 Å². The molecule has 0 spiro atoms. The maximum Gasteiger partial charge on any atom is 0.185 e. The van der Waals surface area contributed by atoms with E-state index in [1.54, 1.807) is 18.4 Å². The zero-order valence-electron chi connectivity index (χ0n) is 16.0. The molecule has 0 unspecified atom stereocenters. The summed E-state index contributed by atoms with van der Waals surface area (Å²) in [5.74, 6) is -0.259. The van der Waals surface area contributed by atoms with Crippen LogP contribution in [0.3, 0.4) is 0 Å². The molecule has 3 rings (SSSR count). The molecule has 1 aromatic heterocycles. The number of hydrogen-bond donors (Lipinski definition) is 1. The molecule has 0 atom stereocenters. The van der Waals surface area contributed by atoms with Gasteiger partial charge in [0.25, 0.3) is 0 Å². The number of anilines is 1. The minimum atomic E-state index is -0.454. The normalized spacial score (nSPS) is 14.3. The maximum absolute atomic E-state index is 13.7. The Morgan fingerprint density at radius 3 is 2.81 bits per heavy atom. The number of hydrazine groups is 1. The highest BCUT2D eigenvalue weighted by atomic mass is 32.1. The number of nitrogens with one attached hydrogen (secondary N) is 1. The third-order valence-corrected chi connectivity index (χ3v) is 6.08. The molecular formula is C19H24FN3O3S. The number of ketones is 1. The van der Waals surface area contributed by atoms with Crippen LogP contribution in [0.15, 0.2) is 18.2 Å². The first-order valence-electron chi connectivity index (χ1n) is 8.62. The molecule has 6 nitrogen and oxygen atoms in total. The Labute approximate surface area is 162 Å². The van der Waals surface area contributed by atoms with Crippen LogP contribution >= 0.6 is 11.3 Å². The fourth-order valence-electron chi connectivity index (χ4n) is 3.23. The topological polar surface area (TPSA) is 54.0 Å². The van der Waals surface area contributed by atoms with Gasteiger partial charge in [-0.3, -0.25) is 10.2 Å². The number of Topliss-reactive ketones (excluding diaryl/α,β-unsaturated/α-hetero) is 1. The molecule has 2 aromatic rings. The van der Waals surface area contributed by atoms with Gasteiger partial charge in [-0.1, -0.05) is 0 Å². The number of rotatable bonds is 7. The fourth-order valence-corrected chi connectivity index (χ4v) is 4.51. The van der Waals surface area contributed by atoms with Crippen molar-refractivity contribution < 1.29 is 18.7 Å². The van der Waals surface area contributed by atoms with Gasteiger partial charge in [-0.2, -0.15) is 0 Å². The van der Waals surface area contributed by atoms with E-state index in [1.165, 1.54) is 36.4 Å². The smallest absolute Gasteiger partial charge is 0.185 e. The molecule has 0 fully saturated rings. The number of fused-ring (bicyclic) bond motifs is 1. The third kappa shape index (κ3) is 3.98. The van der Waals surface area contributed by atoms with Gasteiger partial charge in [0.15, 0.2) is 5.78 Å². The van der Waals surface area contributed by atoms with E-state index in [-0.39, 0.29) is 17.9 Å². The van der Waals surface area contributed by atoms with Crippen molar-refractivity contribution in [3.63, 3.8) is 0 Å². The van der Waals surface area contributed by atoms with E-state index >= 15 is 0 Å². The van der Waals surface area contributed by atoms with Gasteiger partial charge in [-0.05, 0) is 37.7 Å². The second-order valence-electron chi connectivity index (χ2n) is 6.40. The Balaban J connectivity index is 1.92. The summed E-state index contributed by atoms with van der Waals surface area (Å²) in [5.41, 5.74) is 5.79. The zero-order chi connectivity index (χ0) is 19.6. The molecule has 1 N–H and O–H groups in total. The van der Waals surface area contributed by atoms with Crippen LogP contribution in [0.1, 0.15) is 26.4 Å². The molecule has 0 bridgehead atoms. The Bertz CT molecular complexity index is 840. The van der Waals surface area contributed by atoms with Crippen LogP contribution in [0.25, 0.3) is 0 Å². The van der Waals surface area contributed by atoms with Crippen molar-refractivity contribution in [2.45, 2.75) is 20.1 Å². The summed E-state index contributed by atoms with van der Waals surface area (Å²) in [5, 5.41) is 3.10. The molecule has 1 aliphatic rings. The Hall–Kier alpha value is -2.00. The second kappa shape index (κ2) is 8.35. The fraction of sp³-hybridized carbons (Fsp3) is 0.421. The van der Waals surface area contributed by atoms with Crippen molar-refractivity contribution in [2.24, 2.45) is 0 Å². The third-order valence-electron chi connectivity index (χ3n) is 4.71. The lowest BCUT2D eigenvalue weighted by atomic mass is 10.1. The number of benzene rings is 1. The Morgan fingerprint density at radius 1 is 1.37 bits per heavy atom. The number of carbonyl (C=O) groups excluding carboxylic acids is 1. The van der Waals surface area contributed by atoms with E-state index in [4.69, 9.17) is 9.47 Å². The van der Waals surface area contributed by atoms with Crippen molar-refractivity contribution in [3.8, 4) is 5.75 Å². The molecule has 1 aromatic carbocycles. The molecule has 8 heteroatoms. The van der Waals surface area contributed by atoms with Crippen LogP contribution in [0.4, 0.5) is 9.39 Å². The molecule has 27 heavy (non-hydrogen) atoms. The average Bonchev–Trinajstić information content (AvgIpc) is 2.98. The minimum Gasteiger partial charge on any atom is -0.496 e. The van der Waals surface area contributed by atoms with Crippen molar-refractivity contribution in [3.05, 3.63) is 45.6 Å². The first kappa shape index (κ1) is 19.8. The predicted octanol–water partition coefficient (Wildman–Crippen LogP) is 2.95. The summed E-state index contributed by atoms with van der Waals surface area (Å²) in [6.45, 7) is 4.07. The number of methoxy groups -OCH3 is 2. The van der Waals surface area contributed by atoms with Crippen molar-refractivity contribution >= 4 is 22.1 Å². The van der Waals surface area contributed by atoms with Gasteiger partial charge in [-0.25, -0.2) is 9.40 Å². The van der Waals surface area contributed by atoms with Crippen molar-refractivity contribution in [1.82, 2.24) is 10.4 Å². The lowest BCUT2D eigenvalue weighted by molar-refractivity contribution is 0.0984. The molecule has 1 aliphatic heterocycles. The summed E-state index contributed by atoms with van der Waals surface area (Å²) in [4.78, 5) is 16.1. The molecule has 0 aliphatic carbocycles. The van der Waals surface area contributed by atoms with Gasteiger partial charge >= 0.3 is 0 Å². The molecular weight excluding hydrogens is 369 g/mol. The van der Waals surface area contributed by atoms with Crippen LogP contribution < -0.4 is 15.1 Å². The average molecular weight is 393 g/mol. The van der Waals surface area contributed by atoms with Gasteiger partial charge in [0.2, 0.25) is 0 Å². The number of carbonyl (C=O) groups is 1. The molecule has 0 saturated carbocycles. The molecule has 2 heterocycles. The van der Waals surface area contributed by atoms with Crippen molar-refractivity contribution in [1.29, 1.82) is 0 Å². The summed E-state index contributed by atoms with van der Waals surface area (Å²) < 4.78 is 24.2. The quantitative estimate of drug-likeness (QED) is 0.730. The molecule has 0 radical (unpaired) electrons. The van der Waals surface area contributed by atoms with Gasteiger partial charge < -0.3 is 14.4 Å². The van der Waals surface area contributed by atoms with Crippen molar-refractivity contribution in [2.75, 3.05) is 39.4 Å². The number of halogens is 1. The molecule has 146 valence electrons. The predicted molar refractivity (Wildman–Crippen MR) is 104 cm³/mol. The van der Waals surface area contributed by atoms with E-state index in [0.717, 1.165) is 16.4 Å². The minimum absolute atomic E-state index is 0.136. The second-order valence-corrected chi connectivity index (χ2v) is 7.48. The van der Waals surface area contributed by atoms with Crippen LogP contribution in [0.5, 0.6) is 5.75 Å². The van der Waals surface area contributed by atoms with Gasteiger partial charge in [0.1, 0.15) is 11.6 Å². The highest BCUT2D eigenvalue weighted by Crippen LogP contribution is 2.39. The molecule has 0 saturated heterocycles. The SMILES string of the molecule is CNN1Cc2c(sc(COC)c2C)N(CC(=O)c2cc(F)ccc2OC)C1. The van der Waals surface area contributed by atoms with Gasteiger partial charge in [0.05, 0.1) is 37.5 Å². The number of ether oxygens (including phenoxy) is 2. The summed E-state index contributed by atoms with van der Waals surface area (Å²) in [6, 6.07) is 4.00. The first-order valence-corrected chi connectivity index (χ1v) is 9.44. The van der Waals surface area contributed by atoms with Gasteiger partial charge in [0, 0.05) is 24.1 Å². The monoisotopic (exact) mass is 393 g/mol.